The van der Waals surface area contributed by atoms with E-state index in [0.717, 1.165) is 42.2 Å². The molecule has 2 N–H and O–H groups in total. The molecular weight excluding hydrogens is 398 g/mol. The lowest BCUT2D eigenvalue weighted by atomic mass is 9.86. The second-order valence-electron chi connectivity index (χ2n) is 7.99. The van der Waals surface area contributed by atoms with E-state index in [4.69, 9.17) is 4.99 Å². The van der Waals surface area contributed by atoms with Crippen molar-refractivity contribution in [2.45, 2.75) is 44.7 Å². The summed E-state index contributed by atoms with van der Waals surface area (Å²) in [6.45, 7) is 3.46. The number of benzene rings is 1. The van der Waals surface area contributed by atoms with Crippen LogP contribution in [0.15, 0.2) is 53.7 Å². The number of nitrogens with zero attached hydrogens (tertiary/aromatic N) is 3. The van der Waals surface area contributed by atoms with E-state index in [0.29, 0.717) is 26.1 Å². The van der Waals surface area contributed by atoms with Gasteiger partial charge in [-0.25, -0.2) is 13.4 Å². The molecule has 1 spiro atoms. The fourth-order valence-corrected chi connectivity index (χ4v) is 5.84. The highest BCUT2D eigenvalue weighted by molar-refractivity contribution is 7.89. The molecule has 1 fully saturated rings. The zero-order valence-electron chi connectivity index (χ0n) is 17.3. The van der Waals surface area contributed by atoms with Crippen LogP contribution in [0.25, 0.3) is 0 Å². The third kappa shape index (κ3) is 4.34. The molecule has 0 bridgehead atoms. The number of rotatable bonds is 6. The van der Waals surface area contributed by atoms with Gasteiger partial charge < -0.3 is 10.6 Å². The molecule has 160 valence electrons. The Morgan fingerprint density at radius 1 is 1.20 bits per heavy atom. The largest absolute Gasteiger partial charge is 0.369 e. The van der Waals surface area contributed by atoms with E-state index < -0.39 is 15.6 Å². The number of hydrogen-bond acceptors (Lipinski definition) is 5. The normalized spacial score (nSPS) is 23.0. The molecule has 0 saturated carbocycles. The summed E-state index contributed by atoms with van der Waals surface area (Å²) < 4.78 is 27.5. The van der Waals surface area contributed by atoms with Crippen LogP contribution in [0.5, 0.6) is 0 Å². The summed E-state index contributed by atoms with van der Waals surface area (Å²) in [4.78, 5) is 9.31. The number of nitrogens with one attached hydrogen (secondary N) is 2. The highest BCUT2D eigenvalue weighted by atomic mass is 32.2. The van der Waals surface area contributed by atoms with Crippen LogP contribution in [0.3, 0.4) is 0 Å². The minimum Gasteiger partial charge on any atom is -0.369 e. The summed E-state index contributed by atoms with van der Waals surface area (Å²) in [5.74, 6) is 1.68. The van der Waals surface area contributed by atoms with Crippen molar-refractivity contribution in [1.29, 1.82) is 0 Å². The topological polar surface area (TPSA) is 86.7 Å². The Morgan fingerprint density at radius 3 is 2.83 bits per heavy atom. The van der Waals surface area contributed by atoms with Crippen molar-refractivity contribution in [3.05, 3.63) is 54.2 Å². The van der Waals surface area contributed by atoms with E-state index in [9.17, 15) is 8.42 Å². The molecule has 1 saturated heterocycles. The zero-order valence-corrected chi connectivity index (χ0v) is 18.2. The molecule has 8 heteroatoms. The molecule has 2 aliphatic heterocycles. The minimum atomic E-state index is -3.29. The first kappa shape index (κ1) is 20.8. The second-order valence-corrected chi connectivity index (χ2v) is 10.1. The van der Waals surface area contributed by atoms with E-state index >= 15 is 0 Å². The summed E-state index contributed by atoms with van der Waals surface area (Å²) in [7, 11) is -3.29. The highest BCUT2D eigenvalue weighted by Gasteiger charge is 2.46. The van der Waals surface area contributed by atoms with Crippen molar-refractivity contribution >= 4 is 27.4 Å². The zero-order chi connectivity index (χ0) is 21.0. The predicted molar refractivity (Wildman–Crippen MR) is 121 cm³/mol. The molecule has 0 aliphatic carbocycles. The van der Waals surface area contributed by atoms with Crippen molar-refractivity contribution in [3.8, 4) is 0 Å². The average Bonchev–Trinajstić information content (AvgIpc) is 2.77. The first-order valence-corrected chi connectivity index (χ1v) is 12.2. The summed E-state index contributed by atoms with van der Waals surface area (Å²) in [6.07, 6.45) is 4.87. The lowest BCUT2D eigenvalue weighted by Crippen LogP contribution is -2.62. The number of pyridine rings is 1. The van der Waals surface area contributed by atoms with E-state index in [1.54, 1.807) is 10.5 Å². The monoisotopic (exact) mass is 427 g/mol. The number of anilines is 2. The van der Waals surface area contributed by atoms with Crippen molar-refractivity contribution in [1.82, 2.24) is 9.29 Å². The van der Waals surface area contributed by atoms with Crippen molar-refractivity contribution in [3.63, 3.8) is 0 Å². The Kier molecular flexibility index (Phi) is 6.06. The minimum absolute atomic E-state index is 0.196. The lowest BCUT2D eigenvalue weighted by molar-refractivity contribution is 0.293. The highest BCUT2D eigenvalue weighted by Crippen LogP contribution is 2.36. The molecule has 0 radical (unpaired) electrons. The smallest absolute Gasteiger partial charge is 0.214 e. The average molecular weight is 428 g/mol. The number of hydrogen-bond donors (Lipinski definition) is 2. The quantitative estimate of drug-likeness (QED) is 0.737. The van der Waals surface area contributed by atoms with Crippen molar-refractivity contribution in [2.75, 3.05) is 29.5 Å². The van der Waals surface area contributed by atoms with Crippen LogP contribution in [-0.4, -0.2) is 47.9 Å². The molecular formula is C22H29N5O2S. The summed E-state index contributed by atoms with van der Waals surface area (Å²) in [5.41, 5.74) is 1.41. The lowest BCUT2D eigenvalue weighted by Gasteiger charge is -2.46. The van der Waals surface area contributed by atoms with Gasteiger partial charge in [-0.05, 0) is 37.0 Å². The first-order valence-electron chi connectivity index (χ1n) is 10.6. The van der Waals surface area contributed by atoms with Gasteiger partial charge in [-0.3, -0.25) is 4.99 Å². The van der Waals surface area contributed by atoms with Gasteiger partial charge in [0.2, 0.25) is 10.0 Å². The molecule has 7 nitrogen and oxygen atoms in total. The van der Waals surface area contributed by atoms with Crippen molar-refractivity contribution in [2.24, 2.45) is 4.99 Å². The molecule has 1 aromatic heterocycles. The van der Waals surface area contributed by atoms with Crippen LogP contribution >= 0.6 is 0 Å². The molecule has 30 heavy (non-hydrogen) atoms. The molecule has 3 heterocycles. The van der Waals surface area contributed by atoms with Gasteiger partial charge in [0.1, 0.15) is 11.4 Å². The standard InChI is InChI=1S/C22H29N5O2S/c1-2-3-15-30(28,29)27-14-8-12-22(17-27)21(24-16-18-9-5-4-6-10-18)25-20-19(26-22)11-7-13-23-20/h4-7,9-11,13,26H,2-3,8,12,14-17H2,1H3,(H,23,24,25)/t22-/m0/s1. The Morgan fingerprint density at radius 2 is 2.03 bits per heavy atom. The summed E-state index contributed by atoms with van der Waals surface area (Å²) in [5, 5.41) is 6.99. The van der Waals surface area contributed by atoms with Gasteiger partial charge in [-0.2, -0.15) is 4.31 Å². The number of aromatic nitrogens is 1. The number of amidine groups is 1. The molecule has 4 rings (SSSR count). The van der Waals surface area contributed by atoms with Crippen LogP contribution in [0.1, 0.15) is 38.2 Å². The maximum absolute atomic E-state index is 12.9. The van der Waals surface area contributed by atoms with Crippen LogP contribution in [0, 0.1) is 0 Å². The summed E-state index contributed by atoms with van der Waals surface area (Å²) >= 11 is 0. The number of fused-ring (bicyclic) bond motifs is 1. The van der Waals surface area contributed by atoms with Gasteiger partial charge in [-0.1, -0.05) is 43.7 Å². The Balaban J connectivity index is 1.66. The van der Waals surface area contributed by atoms with Gasteiger partial charge >= 0.3 is 0 Å². The Labute approximate surface area is 178 Å². The van der Waals surface area contributed by atoms with E-state index in [-0.39, 0.29) is 5.75 Å². The van der Waals surface area contributed by atoms with Gasteiger partial charge in [0, 0.05) is 19.3 Å². The molecule has 1 aromatic carbocycles. The second kappa shape index (κ2) is 8.73. The third-order valence-electron chi connectivity index (χ3n) is 5.74. The third-order valence-corrected chi connectivity index (χ3v) is 7.64. The number of unbranched alkanes of at least 4 members (excludes halogenated alkanes) is 1. The SMILES string of the molecule is CCCCS(=O)(=O)N1CCC[C@@]2(C1)Nc1cccnc1NC2=NCc1ccccc1. The van der Waals surface area contributed by atoms with E-state index in [2.05, 4.69) is 15.6 Å². The van der Waals surface area contributed by atoms with Crippen LogP contribution in [0.2, 0.25) is 0 Å². The maximum Gasteiger partial charge on any atom is 0.214 e. The Hall–Kier alpha value is -2.45. The fourth-order valence-electron chi connectivity index (χ4n) is 4.10. The van der Waals surface area contributed by atoms with Crippen LogP contribution in [0.4, 0.5) is 11.5 Å². The van der Waals surface area contributed by atoms with Gasteiger partial charge in [-0.15, -0.1) is 0 Å². The van der Waals surface area contributed by atoms with Gasteiger partial charge in [0.25, 0.3) is 0 Å². The van der Waals surface area contributed by atoms with Crippen LogP contribution in [-0.2, 0) is 16.6 Å². The van der Waals surface area contributed by atoms with E-state index in [1.165, 1.54) is 0 Å². The molecule has 0 unspecified atom stereocenters. The fraction of sp³-hybridized carbons (Fsp3) is 0.455. The first-order chi connectivity index (χ1) is 14.5. The summed E-state index contributed by atoms with van der Waals surface area (Å²) in [6, 6.07) is 13.9. The van der Waals surface area contributed by atoms with Gasteiger partial charge in [0.05, 0.1) is 18.0 Å². The Bertz CT molecular complexity index is 1010. The molecule has 2 aromatic rings. The van der Waals surface area contributed by atoms with E-state index in [1.807, 2.05) is 49.4 Å². The number of sulfonamides is 1. The molecule has 0 amide bonds. The molecule has 2 aliphatic rings. The van der Waals surface area contributed by atoms with Gasteiger partial charge in [0.15, 0.2) is 5.82 Å². The maximum atomic E-state index is 12.9. The molecule has 1 atom stereocenters. The number of aliphatic imine (C=N–C) groups is 1. The van der Waals surface area contributed by atoms with Crippen LogP contribution < -0.4 is 10.6 Å². The van der Waals surface area contributed by atoms with Crippen molar-refractivity contribution < 1.29 is 8.42 Å². The number of piperidine rings is 1. The predicted octanol–water partition coefficient (Wildman–Crippen LogP) is 3.48.